The van der Waals surface area contributed by atoms with Gasteiger partial charge >= 0.3 is 0 Å². The minimum absolute atomic E-state index is 0.0621. The number of benzene rings is 1. The van der Waals surface area contributed by atoms with Crippen molar-refractivity contribution in [1.29, 1.82) is 0 Å². The zero-order chi connectivity index (χ0) is 15.5. The van der Waals surface area contributed by atoms with Gasteiger partial charge in [-0.15, -0.1) is 0 Å². The van der Waals surface area contributed by atoms with E-state index in [-0.39, 0.29) is 11.6 Å². The van der Waals surface area contributed by atoms with Gasteiger partial charge in [0.25, 0.3) is 10.0 Å². The maximum Gasteiger partial charge on any atom is 0.279 e. The van der Waals surface area contributed by atoms with Crippen LogP contribution in [0, 0.1) is 11.8 Å². The van der Waals surface area contributed by atoms with E-state index in [0.29, 0.717) is 16.3 Å². The van der Waals surface area contributed by atoms with E-state index >= 15 is 0 Å². The van der Waals surface area contributed by atoms with Crippen molar-refractivity contribution < 1.29 is 8.42 Å². The molecule has 21 heavy (non-hydrogen) atoms. The summed E-state index contributed by atoms with van der Waals surface area (Å²) in [6, 6.07) is 6.10. The van der Waals surface area contributed by atoms with Crippen LogP contribution in [0.1, 0.15) is 5.56 Å². The summed E-state index contributed by atoms with van der Waals surface area (Å²) in [5, 5.41) is 4.33. The molecule has 0 spiro atoms. The molecule has 0 saturated carbocycles. The first-order chi connectivity index (χ1) is 9.94. The van der Waals surface area contributed by atoms with Gasteiger partial charge in [0.1, 0.15) is 0 Å². The molecule has 0 amide bonds. The molecule has 1 heterocycles. The van der Waals surface area contributed by atoms with Crippen molar-refractivity contribution in [3.63, 3.8) is 0 Å². The molecule has 0 aliphatic carbocycles. The fourth-order valence-electron chi connectivity index (χ4n) is 1.66. The summed E-state index contributed by atoms with van der Waals surface area (Å²) in [5.41, 5.74) is 6.18. The van der Waals surface area contributed by atoms with Crippen LogP contribution in [0.3, 0.4) is 0 Å². The Balaban J connectivity index is 2.34. The normalized spacial score (nSPS) is 10.8. The van der Waals surface area contributed by atoms with E-state index in [1.165, 1.54) is 16.9 Å². The van der Waals surface area contributed by atoms with Crippen LogP contribution in [-0.2, 0) is 17.1 Å². The molecule has 0 unspecified atom stereocenters. The van der Waals surface area contributed by atoms with E-state index in [4.69, 9.17) is 17.3 Å². The molecule has 2 aromatic rings. The number of hydrogen-bond donors (Lipinski definition) is 2. The number of nitrogens with one attached hydrogen (secondary N) is 1. The van der Waals surface area contributed by atoms with Crippen LogP contribution in [0.15, 0.2) is 35.5 Å². The molecule has 3 N–H and O–H groups in total. The Morgan fingerprint density at radius 2 is 2.19 bits per heavy atom. The van der Waals surface area contributed by atoms with Crippen LogP contribution in [0.2, 0.25) is 5.02 Å². The topological polar surface area (TPSA) is 90.0 Å². The summed E-state index contributed by atoms with van der Waals surface area (Å²) in [7, 11) is -2.17. The first kappa shape index (κ1) is 15.4. The molecule has 0 bridgehead atoms. The predicted molar refractivity (Wildman–Crippen MR) is 81.4 cm³/mol. The predicted octanol–water partition coefficient (Wildman–Crippen LogP) is 1.18. The number of sulfonamides is 1. The summed E-state index contributed by atoms with van der Waals surface area (Å²) >= 11 is 5.99. The Kier molecular flexibility index (Phi) is 4.53. The van der Waals surface area contributed by atoms with Gasteiger partial charge < -0.3 is 5.73 Å². The van der Waals surface area contributed by atoms with E-state index in [1.807, 2.05) is 0 Å². The first-order valence-electron chi connectivity index (χ1n) is 5.93. The lowest BCUT2D eigenvalue weighted by atomic mass is 10.2. The van der Waals surface area contributed by atoms with Crippen LogP contribution < -0.4 is 10.5 Å². The molecule has 110 valence electrons. The molecule has 1 aromatic carbocycles. The van der Waals surface area contributed by atoms with Crippen molar-refractivity contribution >= 4 is 27.3 Å². The van der Waals surface area contributed by atoms with Crippen molar-refractivity contribution in [2.24, 2.45) is 12.8 Å². The Labute approximate surface area is 128 Å². The molecule has 0 radical (unpaired) electrons. The average molecular weight is 325 g/mol. The summed E-state index contributed by atoms with van der Waals surface area (Å²) in [5.74, 6) is 5.46. The van der Waals surface area contributed by atoms with E-state index in [2.05, 4.69) is 21.7 Å². The zero-order valence-corrected chi connectivity index (χ0v) is 12.7. The molecule has 8 heteroatoms. The van der Waals surface area contributed by atoms with Gasteiger partial charge in [0.2, 0.25) is 0 Å². The van der Waals surface area contributed by atoms with E-state index in [0.717, 1.165) is 0 Å². The number of nitrogens with two attached hydrogens (primary N) is 1. The van der Waals surface area contributed by atoms with E-state index in [1.54, 1.807) is 25.2 Å². The smallest absolute Gasteiger partial charge is 0.279 e. The van der Waals surface area contributed by atoms with Crippen molar-refractivity contribution in [2.75, 3.05) is 11.3 Å². The third-order valence-corrected chi connectivity index (χ3v) is 4.38. The van der Waals surface area contributed by atoms with Crippen molar-refractivity contribution in [3.05, 3.63) is 41.0 Å². The van der Waals surface area contributed by atoms with Gasteiger partial charge in [-0.05, 0) is 24.3 Å². The monoisotopic (exact) mass is 324 g/mol. The number of halogens is 1. The molecular formula is C13H13ClN4O2S. The maximum absolute atomic E-state index is 12.2. The van der Waals surface area contributed by atoms with Crippen LogP contribution in [-0.4, -0.2) is 24.7 Å². The Morgan fingerprint density at radius 1 is 1.43 bits per heavy atom. The van der Waals surface area contributed by atoms with Gasteiger partial charge in [-0.3, -0.25) is 9.40 Å². The Bertz CT molecular complexity index is 818. The van der Waals surface area contributed by atoms with Crippen molar-refractivity contribution in [2.45, 2.75) is 5.03 Å². The molecule has 6 nitrogen and oxygen atoms in total. The SMILES string of the molecule is Cn1nccc1S(=O)(=O)Nc1ccc(Cl)c(C#CCN)c1. The molecule has 1 aromatic heterocycles. The lowest BCUT2D eigenvalue weighted by Gasteiger charge is -2.09. The molecule has 0 aliphatic rings. The minimum Gasteiger partial charge on any atom is -0.320 e. The maximum atomic E-state index is 12.2. The Morgan fingerprint density at radius 3 is 2.81 bits per heavy atom. The minimum atomic E-state index is -3.72. The second-order valence-electron chi connectivity index (χ2n) is 4.10. The van der Waals surface area contributed by atoms with Crippen molar-refractivity contribution in [1.82, 2.24) is 9.78 Å². The van der Waals surface area contributed by atoms with Gasteiger partial charge in [0.15, 0.2) is 5.03 Å². The van der Waals surface area contributed by atoms with Crippen LogP contribution >= 0.6 is 11.6 Å². The highest BCUT2D eigenvalue weighted by Gasteiger charge is 2.18. The largest absolute Gasteiger partial charge is 0.320 e. The third-order valence-electron chi connectivity index (χ3n) is 2.59. The quantitative estimate of drug-likeness (QED) is 0.830. The number of hydrogen-bond acceptors (Lipinski definition) is 4. The van der Waals surface area contributed by atoms with Crippen molar-refractivity contribution in [3.8, 4) is 11.8 Å². The fourth-order valence-corrected chi connectivity index (χ4v) is 3.01. The molecule has 0 fully saturated rings. The number of anilines is 1. The number of rotatable bonds is 3. The van der Waals surface area contributed by atoms with Crippen LogP contribution in [0.4, 0.5) is 5.69 Å². The molecular weight excluding hydrogens is 312 g/mol. The summed E-state index contributed by atoms with van der Waals surface area (Å²) in [4.78, 5) is 0. The van der Waals surface area contributed by atoms with Gasteiger partial charge in [-0.2, -0.15) is 13.5 Å². The average Bonchev–Trinajstić information content (AvgIpc) is 2.86. The second-order valence-corrected chi connectivity index (χ2v) is 6.14. The fraction of sp³-hybridized carbons (Fsp3) is 0.154. The van der Waals surface area contributed by atoms with E-state index in [9.17, 15) is 8.42 Å². The number of aryl methyl sites for hydroxylation is 1. The van der Waals surface area contributed by atoms with Gasteiger partial charge in [-0.1, -0.05) is 23.4 Å². The highest BCUT2D eigenvalue weighted by molar-refractivity contribution is 7.92. The number of nitrogens with zero attached hydrogens (tertiary/aromatic N) is 2. The molecule has 0 atom stereocenters. The Hall–Kier alpha value is -2.01. The zero-order valence-electron chi connectivity index (χ0n) is 11.2. The number of aromatic nitrogens is 2. The van der Waals surface area contributed by atoms with Gasteiger partial charge in [-0.25, -0.2) is 0 Å². The van der Waals surface area contributed by atoms with E-state index < -0.39 is 10.0 Å². The lowest BCUT2D eigenvalue weighted by Crippen LogP contribution is -2.16. The van der Waals surface area contributed by atoms with Gasteiger partial charge in [0, 0.05) is 12.6 Å². The second kappa shape index (κ2) is 6.18. The summed E-state index contributed by atoms with van der Waals surface area (Å²) < 4.78 is 28.2. The third kappa shape index (κ3) is 3.55. The highest BCUT2D eigenvalue weighted by Crippen LogP contribution is 2.22. The summed E-state index contributed by atoms with van der Waals surface area (Å²) in [6.45, 7) is 0.196. The van der Waals surface area contributed by atoms with Gasteiger partial charge in [0.05, 0.1) is 23.5 Å². The van der Waals surface area contributed by atoms with Crippen LogP contribution in [0.5, 0.6) is 0 Å². The summed E-state index contributed by atoms with van der Waals surface area (Å²) in [6.07, 6.45) is 1.41. The molecule has 0 aliphatic heterocycles. The standard InChI is InChI=1S/C13H13ClN4O2S/c1-18-13(6-8-16-18)21(19,20)17-11-4-5-12(14)10(9-11)3-2-7-15/h4-6,8-9,17H,7,15H2,1H3. The molecule has 2 rings (SSSR count). The molecule has 0 saturated heterocycles. The van der Waals surface area contributed by atoms with Crippen LogP contribution in [0.25, 0.3) is 0 Å². The highest BCUT2D eigenvalue weighted by atomic mass is 35.5. The first-order valence-corrected chi connectivity index (χ1v) is 7.79. The lowest BCUT2D eigenvalue weighted by molar-refractivity contribution is 0.582.